The molecule has 0 aromatic carbocycles. The van der Waals surface area contributed by atoms with Crippen LogP contribution in [0.5, 0.6) is 0 Å². The van der Waals surface area contributed by atoms with Crippen LogP contribution in [0.2, 0.25) is 0 Å². The van der Waals surface area contributed by atoms with Crippen molar-refractivity contribution in [3.8, 4) is 0 Å². The third-order valence-corrected chi connectivity index (χ3v) is 2.90. The Hall–Kier alpha value is -0.780. The summed E-state index contributed by atoms with van der Waals surface area (Å²) in [5.74, 6) is 0. The van der Waals surface area contributed by atoms with E-state index < -0.39 is 0 Å². The molecule has 0 heteroatoms. The highest BCUT2D eigenvalue weighted by Gasteiger charge is 2.26. The van der Waals surface area contributed by atoms with Crippen molar-refractivity contribution >= 4 is 0 Å². The van der Waals surface area contributed by atoms with Crippen molar-refractivity contribution in [2.75, 3.05) is 0 Å². The summed E-state index contributed by atoms with van der Waals surface area (Å²) < 4.78 is 0. The van der Waals surface area contributed by atoms with E-state index in [4.69, 9.17) is 0 Å². The lowest BCUT2D eigenvalue weighted by molar-refractivity contribution is 0.379. The Balaban J connectivity index is 3.11. The topological polar surface area (TPSA) is 0 Å². The first-order valence-electron chi connectivity index (χ1n) is 5.10. The Morgan fingerprint density at radius 3 is 2.62 bits per heavy atom. The van der Waals surface area contributed by atoms with Crippen LogP contribution in [0, 0.1) is 5.41 Å². The number of hydrogen-bond donors (Lipinski definition) is 0. The van der Waals surface area contributed by atoms with Crippen molar-refractivity contribution in [3.05, 3.63) is 36.0 Å². The molecule has 0 amide bonds. The van der Waals surface area contributed by atoms with Crippen LogP contribution < -0.4 is 0 Å². The molecule has 0 spiro atoms. The zero-order valence-corrected chi connectivity index (χ0v) is 9.06. The van der Waals surface area contributed by atoms with Gasteiger partial charge in [0.2, 0.25) is 0 Å². The van der Waals surface area contributed by atoms with Crippen LogP contribution >= 0.6 is 0 Å². The average Bonchev–Trinajstić information content (AvgIpc) is 2.08. The quantitative estimate of drug-likeness (QED) is 0.590. The predicted molar refractivity (Wildman–Crippen MR) is 59.7 cm³/mol. The molecule has 0 saturated heterocycles. The molecule has 0 aromatic rings. The second-order valence-electron chi connectivity index (χ2n) is 4.38. The lowest BCUT2D eigenvalue weighted by atomic mass is 9.72. The van der Waals surface area contributed by atoms with Gasteiger partial charge in [0, 0.05) is 0 Å². The van der Waals surface area contributed by atoms with Gasteiger partial charge in [0.05, 0.1) is 0 Å². The van der Waals surface area contributed by atoms with E-state index >= 15 is 0 Å². The lowest BCUT2D eigenvalue weighted by Crippen LogP contribution is -2.19. The normalized spacial score (nSPS) is 22.4. The van der Waals surface area contributed by atoms with Gasteiger partial charge in [0.1, 0.15) is 0 Å². The Kier molecular flexibility index (Phi) is 3.13. The third-order valence-electron chi connectivity index (χ3n) is 2.90. The molecular formula is C13H20. The second-order valence-corrected chi connectivity index (χ2v) is 4.38. The summed E-state index contributed by atoms with van der Waals surface area (Å²) in [6, 6.07) is 0. The molecule has 1 aliphatic carbocycles. The van der Waals surface area contributed by atoms with E-state index in [-0.39, 0.29) is 0 Å². The highest BCUT2D eigenvalue weighted by molar-refractivity contribution is 5.38. The molecule has 0 unspecified atom stereocenters. The van der Waals surface area contributed by atoms with Crippen LogP contribution in [0.3, 0.4) is 0 Å². The molecular weight excluding hydrogens is 156 g/mol. The van der Waals surface area contributed by atoms with Crippen molar-refractivity contribution in [3.63, 3.8) is 0 Å². The molecule has 0 aliphatic heterocycles. The standard InChI is InChI=1S/C13H20/c1-5-8-12-11(6-2)9-7-10-13(12,3)4/h5-6,8H,2,7,9-10H2,1,3-4H3/b8-5-. The van der Waals surface area contributed by atoms with Crippen molar-refractivity contribution in [2.24, 2.45) is 5.41 Å². The highest BCUT2D eigenvalue weighted by atomic mass is 14.3. The van der Waals surface area contributed by atoms with Gasteiger partial charge < -0.3 is 0 Å². The van der Waals surface area contributed by atoms with Crippen LogP contribution in [-0.4, -0.2) is 0 Å². The Morgan fingerprint density at radius 2 is 2.08 bits per heavy atom. The molecule has 0 atom stereocenters. The molecule has 0 N–H and O–H groups in total. The summed E-state index contributed by atoms with van der Waals surface area (Å²) in [6.07, 6.45) is 10.2. The molecule has 0 saturated carbocycles. The largest absolute Gasteiger partial charge is 0.0988 e. The van der Waals surface area contributed by atoms with E-state index in [0.29, 0.717) is 5.41 Å². The summed E-state index contributed by atoms with van der Waals surface area (Å²) in [5, 5.41) is 0. The fourth-order valence-electron chi connectivity index (χ4n) is 2.14. The van der Waals surface area contributed by atoms with E-state index in [1.54, 1.807) is 0 Å². The van der Waals surface area contributed by atoms with Crippen molar-refractivity contribution < 1.29 is 0 Å². The first-order valence-corrected chi connectivity index (χ1v) is 5.10. The lowest BCUT2D eigenvalue weighted by Gasteiger charge is -2.33. The van der Waals surface area contributed by atoms with E-state index in [2.05, 4.69) is 39.5 Å². The zero-order valence-electron chi connectivity index (χ0n) is 9.06. The van der Waals surface area contributed by atoms with Gasteiger partial charge in [-0.25, -0.2) is 0 Å². The Morgan fingerprint density at radius 1 is 1.38 bits per heavy atom. The number of rotatable bonds is 2. The van der Waals surface area contributed by atoms with Crippen LogP contribution in [0.1, 0.15) is 40.0 Å². The van der Waals surface area contributed by atoms with Gasteiger partial charge in [-0.1, -0.05) is 38.7 Å². The Bertz CT molecular complexity index is 251. The minimum atomic E-state index is 0.342. The summed E-state index contributed by atoms with van der Waals surface area (Å²) in [7, 11) is 0. The van der Waals surface area contributed by atoms with Crippen molar-refractivity contribution in [1.29, 1.82) is 0 Å². The summed E-state index contributed by atoms with van der Waals surface area (Å²) >= 11 is 0. The maximum Gasteiger partial charge on any atom is -0.0101 e. The second kappa shape index (κ2) is 3.95. The van der Waals surface area contributed by atoms with Crippen LogP contribution in [-0.2, 0) is 0 Å². The minimum Gasteiger partial charge on any atom is -0.0988 e. The van der Waals surface area contributed by atoms with E-state index in [1.807, 2.05) is 6.08 Å². The van der Waals surface area contributed by atoms with Gasteiger partial charge in [-0.3, -0.25) is 0 Å². The maximum absolute atomic E-state index is 3.89. The van der Waals surface area contributed by atoms with Crippen molar-refractivity contribution in [1.82, 2.24) is 0 Å². The third kappa shape index (κ3) is 2.12. The maximum atomic E-state index is 3.89. The molecule has 0 fully saturated rings. The van der Waals surface area contributed by atoms with Gasteiger partial charge in [0.15, 0.2) is 0 Å². The summed E-state index contributed by atoms with van der Waals surface area (Å²) in [4.78, 5) is 0. The smallest absolute Gasteiger partial charge is 0.0101 e. The molecule has 0 bridgehead atoms. The van der Waals surface area contributed by atoms with Crippen molar-refractivity contribution in [2.45, 2.75) is 40.0 Å². The van der Waals surface area contributed by atoms with Crippen LogP contribution in [0.4, 0.5) is 0 Å². The van der Waals surface area contributed by atoms with E-state index in [0.717, 1.165) is 0 Å². The number of hydrogen-bond acceptors (Lipinski definition) is 0. The summed E-state index contributed by atoms with van der Waals surface area (Å²) in [5.41, 5.74) is 3.26. The Labute approximate surface area is 82.0 Å². The molecule has 0 radical (unpaired) electrons. The monoisotopic (exact) mass is 176 g/mol. The van der Waals surface area contributed by atoms with Crippen LogP contribution in [0.25, 0.3) is 0 Å². The van der Waals surface area contributed by atoms with E-state index in [1.165, 1.54) is 30.4 Å². The zero-order chi connectivity index (χ0) is 9.90. The minimum absolute atomic E-state index is 0.342. The van der Waals surface area contributed by atoms with Gasteiger partial charge in [-0.15, -0.1) is 0 Å². The predicted octanol–water partition coefficient (Wildman–Crippen LogP) is 4.26. The molecule has 0 aromatic heterocycles. The first kappa shape index (κ1) is 10.3. The molecule has 0 nitrogen and oxygen atoms in total. The van der Waals surface area contributed by atoms with Gasteiger partial charge in [0.25, 0.3) is 0 Å². The molecule has 1 aliphatic rings. The first-order chi connectivity index (χ1) is 6.11. The van der Waals surface area contributed by atoms with Crippen LogP contribution in [0.15, 0.2) is 36.0 Å². The molecule has 1 rings (SSSR count). The summed E-state index contributed by atoms with van der Waals surface area (Å²) in [6.45, 7) is 10.6. The molecule has 0 heterocycles. The fourth-order valence-corrected chi connectivity index (χ4v) is 2.14. The fraction of sp³-hybridized carbons (Fsp3) is 0.538. The molecule has 13 heavy (non-hydrogen) atoms. The molecule has 72 valence electrons. The van der Waals surface area contributed by atoms with Gasteiger partial charge >= 0.3 is 0 Å². The number of allylic oxidation sites excluding steroid dienone is 5. The van der Waals surface area contributed by atoms with E-state index in [9.17, 15) is 0 Å². The van der Waals surface area contributed by atoms with Gasteiger partial charge in [-0.05, 0) is 42.7 Å². The van der Waals surface area contributed by atoms with Gasteiger partial charge in [-0.2, -0.15) is 0 Å². The average molecular weight is 176 g/mol. The SMILES string of the molecule is C=CC1=C(/C=C\C)C(C)(C)CCC1. The highest BCUT2D eigenvalue weighted by Crippen LogP contribution is 2.41.